The molecule has 0 atom stereocenters. The molecule has 2 aromatic carbocycles. The lowest BCUT2D eigenvalue weighted by molar-refractivity contribution is -0.236. The highest BCUT2D eigenvalue weighted by molar-refractivity contribution is 6.71. The third kappa shape index (κ3) is 3.20. The van der Waals surface area contributed by atoms with Crippen LogP contribution in [0, 0.1) is 0 Å². The summed E-state index contributed by atoms with van der Waals surface area (Å²) in [5.74, 6) is 0. The average molecular weight is 224 g/mol. The Balaban J connectivity index is 2.02. The van der Waals surface area contributed by atoms with Crippen LogP contribution in [-0.2, 0) is 4.57 Å². The second-order valence-corrected chi connectivity index (χ2v) is 3.62. The van der Waals surface area contributed by atoms with Crippen molar-refractivity contribution in [2.75, 3.05) is 0 Å². The first-order valence-electron chi connectivity index (χ1n) is 5.34. The summed E-state index contributed by atoms with van der Waals surface area (Å²) >= 11 is 0. The van der Waals surface area contributed by atoms with Crippen LogP contribution in [0.5, 0.6) is 0 Å². The van der Waals surface area contributed by atoms with E-state index in [-0.39, 0.29) is 0 Å². The van der Waals surface area contributed by atoms with E-state index in [1.54, 1.807) is 48.5 Å². The van der Waals surface area contributed by atoms with Crippen molar-refractivity contribution < 1.29 is 14.6 Å². The smallest absolute Gasteiger partial charge is 0.193 e. The van der Waals surface area contributed by atoms with Gasteiger partial charge in [-0.1, -0.05) is 71.6 Å². The van der Waals surface area contributed by atoms with E-state index in [0.29, 0.717) is 10.9 Å². The zero-order chi connectivity index (χ0) is 12.1. The van der Waals surface area contributed by atoms with Gasteiger partial charge in [-0.25, -0.2) is 0 Å². The van der Waals surface area contributed by atoms with Gasteiger partial charge in [0.25, 0.3) is 0 Å². The van der Waals surface area contributed by atoms with E-state index in [2.05, 4.69) is 0 Å². The topological polar surface area (TPSA) is 55.3 Å². The maximum Gasteiger partial charge on any atom is 0.193 e. The summed E-state index contributed by atoms with van der Waals surface area (Å²) in [6.07, 6.45) is 0. The summed E-state index contributed by atoms with van der Waals surface area (Å²) in [6.45, 7) is 0. The summed E-state index contributed by atoms with van der Waals surface area (Å²) < 4.78 is 4.91. The van der Waals surface area contributed by atoms with Crippen LogP contribution in [0.1, 0.15) is 0 Å². The molecule has 0 saturated carbocycles. The fraction of sp³-hybridized carbons (Fsp3) is 0. The Bertz CT molecular complexity index is 406. The molecule has 17 heavy (non-hydrogen) atoms. The van der Waals surface area contributed by atoms with Crippen LogP contribution < -0.4 is 21.0 Å². The molecule has 0 radical (unpaired) electrons. The first-order chi connectivity index (χ1) is 8.27. The van der Waals surface area contributed by atoms with Crippen LogP contribution in [0.15, 0.2) is 60.7 Å². The second kappa shape index (κ2) is 5.68. The molecule has 0 unspecified atom stereocenters. The van der Waals surface area contributed by atoms with E-state index in [4.69, 9.17) is 4.57 Å². The van der Waals surface area contributed by atoms with Crippen molar-refractivity contribution in [3.63, 3.8) is 0 Å². The molecule has 5 heteroatoms. The van der Waals surface area contributed by atoms with Crippen molar-refractivity contribution in [1.82, 2.24) is 0 Å². The van der Waals surface area contributed by atoms with Crippen LogP contribution in [0.3, 0.4) is 0 Å². The minimum absolute atomic E-state index is 0.462. The van der Waals surface area contributed by atoms with Gasteiger partial charge in [-0.3, -0.25) is 0 Å². The Morgan fingerprint density at radius 2 is 1.00 bits per heavy atom. The van der Waals surface area contributed by atoms with Crippen molar-refractivity contribution in [2.45, 2.75) is 0 Å². The van der Waals surface area contributed by atoms with Crippen molar-refractivity contribution in [2.24, 2.45) is 0 Å². The Morgan fingerprint density at radius 3 is 1.35 bits per heavy atom. The van der Waals surface area contributed by atoms with E-state index < -0.39 is 14.2 Å². The molecule has 0 spiro atoms. The normalized spacial score (nSPS) is 10.0. The third-order valence-corrected chi connectivity index (χ3v) is 2.39. The highest BCUT2D eigenvalue weighted by Gasteiger charge is 2.07. The summed E-state index contributed by atoms with van der Waals surface area (Å²) in [5, 5.41) is 23.4. The molecule has 0 aliphatic heterocycles. The average Bonchev–Trinajstić information content (AvgIpc) is 2.40. The van der Waals surface area contributed by atoms with Gasteiger partial charge in [-0.05, 0) is 0 Å². The largest absolute Gasteiger partial charge is 0.854 e. The molecule has 0 aliphatic carbocycles. The third-order valence-electron chi connectivity index (χ3n) is 2.39. The molecular weight excluding hydrogens is 214 g/mol. The number of hydrogen-bond acceptors (Lipinski definition) is 3. The predicted octanol–water partition coefficient (Wildman–Crippen LogP) is -1.49. The van der Waals surface area contributed by atoms with Gasteiger partial charge in [-0.15, -0.1) is 0 Å². The lowest BCUT2D eigenvalue weighted by atomic mass is 9.71. The predicted molar refractivity (Wildman–Crippen MR) is 64.7 cm³/mol. The monoisotopic (exact) mass is 224 g/mol. The Kier molecular flexibility index (Phi) is 3.98. The van der Waals surface area contributed by atoms with Gasteiger partial charge < -0.3 is 14.6 Å². The molecule has 2 rings (SSSR count). The first-order valence-corrected chi connectivity index (χ1v) is 5.34. The standard InChI is InChI=1S/C12H10B2O3/c15-13(11-7-3-1-4-8-11)17-14(16)12-9-5-2-6-10-12/h1-10H/q-2. The van der Waals surface area contributed by atoms with Crippen LogP contribution in [-0.4, -0.2) is 14.2 Å². The van der Waals surface area contributed by atoms with Crippen molar-refractivity contribution in [3.05, 3.63) is 60.7 Å². The Hall–Kier alpha value is -1.55. The molecule has 0 bridgehead atoms. The van der Waals surface area contributed by atoms with Gasteiger partial charge in [0.05, 0.1) is 0 Å². The minimum Gasteiger partial charge on any atom is -0.854 e. The van der Waals surface area contributed by atoms with Crippen molar-refractivity contribution in [3.8, 4) is 0 Å². The molecule has 0 N–H and O–H groups in total. The number of benzene rings is 2. The SMILES string of the molecule is [O-]B(OB([O-])c1ccccc1)c1ccccc1. The summed E-state index contributed by atoms with van der Waals surface area (Å²) in [5.41, 5.74) is 0.925. The lowest BCUT2D eigenvalue weighted by Gasteiger charge is -2.29. The summed E-state index contributed by atoms with van der Waals surface area (Å²) in [6, 6.07) is 17.2. The van der Waals surface area contributed by atoms with Crippen molar-refractivity contribution in [1.29, 1.82) is 0 Å². The fourth-order valence-electron chi connectivity index (χ4n) is 1.49. The second-order valence-electron chi connectivity index (χ2n) is 3.62. The van der Waals surface area contributed by atoms with Gasteiger partial charge in [0.15, 0.2) is 14.2 Å². The van der Waals surface area contributed by atoms with Gasteiger partial charge in [0.1, 0.15) is 0 Å². The first kappa shape index (κ1) is 11.9. The van der Waals surface area contributed by atoms with Gasteiger partial charge >= 0.3 is 0 Å². The van der Waals surface area contributed by atoms with E-state index in [9.17, 15) is 10.0 Å². The molecule has 0 amide bonds. The highest BCUT2D eigenvalue weighted by Crippen LogP contribution is 1.89. The molecule has 0 saturated heterocycles. The van der Waals surface area contributed by atoms with E-state index in [0.717, 1.165) is 0 Å². The van der Waals surface area contributed by atoms with E-state index in [1.807, 2.05) is 12.1 Å². The van der Waals surface area contributed by atoms with Gasteiger partial charge in [-0.2, -0.15) is 0 Å². The maximum atomic E-state index is 11.7. The number of rotatable bonds is 4. The fourth-order valence-corrected chi connectivity index (χ4v) is 1.49. The van der Waals surface area contributed by atoms with E-state index in [1.165, 1.54) is 0 Å². The molecule has 0 fully saturated rings. The highest BCUT2D eigenvalue weighted by atomic mass is 16.5. The van der Waals surface area contributed by atoms with Crippen molar-refractivity contribution >= 4 is 25.2 Å². The molecule has 2 aromatic rings. The zero-order valence-electron chi connectivity index (χ0n) is 9.15. The molecular formula is C12H10B2O3-2. The number of hydrogen-bond donors (Lipinski definition) is 0. The zero-order valence-corrected chi connectivity index (χ0v) is 9.15. The van der Waals surface area contributed by atoms with Crippen LogP contribution >= 0.6 is 0 Å². The minimum atomic E-state index is -1.45. The molecule has 0 aromatic heterocycles. The Labute approximate surface area is 101 Å². The summed E-state index contributed by atoms with van der Waals surface area (Å²) in [4.78, 5) is 0. The summed E-state index contributed by atoms with van der Waals surface area (Å²) in [7, 11) is -2.89. The van der Waals surface area contributed by atoms with Gasteiger partial charge in [0, 0.05) is 0 Å². The van der Waals surface area contributed by atoms with E-state index >= 15 is 0 Å². The van der Waals surface area contributed by atoms with Crippen LogP contribution in [0.25, 0.3) is 0 Å². The van der Waals surface area contributed by atoms with Crippen LogP contribution in [0.4, 0.5) is 0 Å². The van der Waals surface area contributed by atoms with Crippen LogP contribution in [0.2, 0.25) is 0 Å². The quantitative estimate of drug-likeness (QED) is 0.594. The molecule has 0 aliphatic rings. The molecule has 0 heterocycles. The molecule has 84 valence electrons. The maximum absolute atomic E-state index is 11.7. The lowest BCUT2D eigenvalue weighted by Crippen LogP contribution is -2.57. The molecule has 3 nitrogen and oxygen atoms in total. The van der Waals surface area contributed by atoms with Gasteiger partial charge in [0.2, 0.25) is 0 Å². The Morgan fingerprint density at radius 1 is 0.647 bits per heavy atom.